The first-order valence-electron chi connectivity index (χ1n) is 9.42. The Morgan fingerprint density at radius 1 is 1.04 bits per heavy atom. The quantitative estimate of drug-likeness (QED) is 0.230. The summed E-state index contributed by atoms with van der Waals surface area (Å²) in [6, 6.07) is 10.3. The number of hydrogen-bond acceptors (Lipinski definition) is 3. The number of guanidine groups is 1. The minimum Gasteiger partial charge on any atom is -0.385 e. The standard InChI is InChI=1S/C19H33N5.HI/c1-2-20-19(23-14-17-24-15-7-4-8-16-24)22-13-9-12-21-18-10-5-3-6-11-18;/h3,5-6,10-11,21H,2,4,7-9,12-17H2,1H3,(H2,20,22,23);1H. The predicted molar refractivity (Wildman–Crippen MR) is 119 cm³/mol. The molecule has 1 aliphatic heterocycles. The number of nitrogens with zero attached hydrogens (tertiary/aromatic N) is 2. The Balaban J connectivity index is 0.00000312. The fourth-order valence-electron chi connectivity index (χ4n) is 2.92. The number of rotatable bonds is 9. The molecule has 5 nitrogen and oxygen atoms in total. The largest absolute Gasteiger partial charge is 0.385 e. The van der Waals surface area contributed by atoms with E-state index in [4.69, 9.17) is 0 Å². The van der Waals surface area contributed by atoms with Crippen LogP contribution in [0, 0.1) is 0 Å². The van der Waals surface area contributed by atoms with Gasteiger partial charge in [0.2, 0.25) is 0 Å². The minimum atomic E-state index is 0. The number of halogens is 1. The van der Waals surface area contributed by atoms with Gasteiger partial charge in [0.25, 0.3) is 0 Å². The van der Waals surface area contributed by atoms with Gasteiger partial charge in [0.1, 0.15) is 0 Å². The van der Waals surface area contributed by atoms with E-state index in [1.807, 2.05) is 6.07 Å². The summed E-state index contributed by atoms with van der Waals surface area (Å²) in [6.07, 6.45) is 5.12. The van der Waals surface area contributed by atoms with Crippen LogP contribution < -0.4 is 16.0 Å². The van der Waals surface area contributed by atoms with Crippen molar-refractivity contribution in [3.05, 3.63) is 30.3 Å². The third-order valence-electron chi connectivity index (χ3n) is 4.22. The van der Waals surface area contributed by atoms with Gasteiger partial charge in [0.15, 0.2) is 5.96 Å². The minimum absolute atomic E-state index is 0. The van der Waals surface area contributed by atoms with Gasteiger partial charge in [-0.25, -0.2) is 0 Å². The number of hydrogen-bond donors (Lipinski definition) is 3. The third-order valence-corrected chi connectivity index (χ3v) is 4.22. The molecule has 0 amide bonds. The van der Waals surface area contributed by atoms with E-state index in [9.17, 15) is 0 Å². The van der Waals surface area contributed by atoms with Crippen LogP contribution in [0.1, 0.15) is 32.6 Å². The summed E-state index contributed by atoms with van der Waals surface area (Å²) in [5.74, 6) is 0.939. The molecule has 1 aromatic rings. The van der Waals surface area contributed by atoms with E-state index in [-0.39, 0.29) is 24.0 Å². The van der Waals surface area contributed by atoms with Crippen molar-refractivity contribution in [1.29, 1.82) is 0 Å². The lowest BCUT2D eigenvalue weighted by Crippen LogP contribution is -2.42. The lowest BCUT2D eigenvalue weighted by molar-refractivity contribution is 0.232. The molecule has 0 saturated carbocycles. The Morgan fingerprint density at radius 2 is 1.80 bits per heavy atom. The maximum atomic E-state index is 4.66. The zero-order valence-electron chi connectivity index (χ0n) is 15.5. The Labute approximate surface area is 170 Å². The number of anilines is 1. The number of likely N-dealkylation sites (tertiary alicyclic amines) is 1. The van der Waals surface area contributed by atoms with Crippen LogP contribution in [0.3, 0.4) is 0 Å². The van der Waals surface area contributed by atoms with E-state index in [2.05, 4.69) is 57.0 Å². The summed E-state index contributed by atoms with van der Waals surface area (Å²) >= 11 is 0. The van der Waals surface area contributed by atoms with Crippen LogP contribution in [0.4, 0.5) is 5.69 Å². The fraction of sp³-hybridized carbons (Fsp3) is 0.632. The molecule has 1 aromatic carbocycles. The van der Waals surface area contributed by atoms with Crippen molar-refractivity contribution in [3.8, 4) is 0 Å². The van der Waals surface area contributed by atoms with Crippen LogP contribution in [0.2, 0.25) is 0 Å². The SMILES string of the molecule is CCNC(=NCCCNc1ccccc1)NCCN1CCCCC1.I. The lowest BCUT2D eigenvalue weighted by atomic mass is 10.1. The molecule has 3 N–H and O–H groups in total. The van der Waals surface area contributed by atoms with Crippen molar-refractivity contribution in [2.75, 3.05) is 51.1 Å². The molecule has 0 radical (unpaired) electrons. The van der Waals surface area contributed by atoms with Gasteiger partial charge in [-0.2, -0.15) is 0 Å². The summed E-state index contributed by atoms with van der Waals surface area (Å²) in [4.78, 5) is 7.21. The molecular weight excluding hydrogens is 425 g/mol. The van der Waals surface area contributed by atoms with Gasteiger partial charge in [-0.3, -0.25) is 4.99 Å². The number of para-hydroxylation sites is 1. The highest BCUT2D eigenvalue weighted by Crippen LogP contribution is 2.07. The summed E-state index contributed by atoms with van der Waals surface area (Å²) in [6.45, 7) is 9.37. The van der Waals surface area contributed by atoms with Crippen molar-refractivity contribution in [1.82, 2.24) is 15.5 Å². The highest BCUT2D eigenvalue weighted by Gasteiger charge is 2.09. The molecule has 1 saturated heterocycles. The fourth-order valence-corrected chi connectivity index (χ4v) is 2.92. The van der Waals surface area contributed by atoms with Crippen molar-refractivity contribution in [3.63, 3.8) is 0 Å². The summed E-state index contributed by atoms with van der Waals surface area (Å²) in [5.41, 5.74) is 1.17. The van der Waals surface area contributed by atoms with Gasteiger partial charge in [-0.15, -0.1) is 24.0 Å². The molecule has 142 valence electrons. The molecule has 0 spiro atoms. The van der Waals surface area contributed by atoms with Gasteiger partial charge >= 0.3 is 0 Å². The Morgan fingerprint density at radius 3 is 2.52 bits per heavy atom. The number of piperidine rings is 1. The summed E-state index contributed by atoms with van der Waals surface area (Å²) < 4.78 is 0. The molecule has 25 heavy (non-hydrogen) atoms. The highest BCUT2D eigenvalue weighted by molar-refractivity contribution is 14.0. The average molecular weight is 459 g/mol. The van der Waals surface area contributed by atoms with Crippen LogP contribution in [0.5, 0.6) is 0 Å². The Bertz CT molecular complexity index is 460. The van der Waals surface area contributed by atoms with Crippen molar-refractivity contribution < 1.29 is 0 Å². The topological polar surface area (TPSA) is 51.7 Å². The first-order valence-corrected chi connectivity index (χ1v) is 9.42. The van der Waals surface area contributed by atoms with E-state index in [1.54, 1.807) is 0 Å². The molecule has 0 atom stereocenters. The van der Waals surface area contributed by atoms with Crippen LogP contribution in [-0.4, -0.2) is 56.7 Å². The lowest BCUT2D eigenvalue weighted by Gasteiger charge is -2.26. The number of nitrogens with one attached hydrogen (secondary N) is 3. The summed E-state index contributed by atoms with van der Waals surface area (Å²) in [7, 11) is 0. The van der Waals surface area contributed by atoms with Crippen molar-refractivity contribution in [2.45, 2.75) is 32.6 Å². The first-order chi connectivity index (χ1) is 11.9. The molecule has 2 rings (SSSR count). The predicted octanol–water partition coefficient (Wildman–Crippen LogP) is 3.15. The molecule has 1 fully saturated rings. The third kappa shape index (κ3) is 9.89. The normalized spacial score (nSPS) is 15.3. The molecule has 0 aromatic heterocycles. The van der Waals surface area contributed by atoms with Gasteiger partial charge < -0.3 is 20.9 Å². The van der Waals surface area contributed by atoms with E-state index in [0.717, 1.165) is 45.1 Å². The van der Waals surface area contributed by atoms with Crippen LogP contribution in [0.25, 0.3) is 0 Å². The molecular formula is C19H34IN5. The Hall–Kier alpha value is -1.02. The highest BCUT2D eigenvalue weighted by atomic mass is 127. The van der Waals surface area contributed by atoms with E-state index < -0.39 is 0 Å². The molecule has 0 aliphatic carbocycles. The van der Waals surface area contributed by atoms with Gasteiger partial charge in [0, 0.05) is 38.4 Å². The maximum Gasteiger partial charge on any atom is 0.191 e. The summed E-state index contributed by atoms with van der Waals surface area (Å²) in [5, 5.41) is 10.2. The smallest absolute Gasteiger partial charge is 0.191 e. The van der Waals surface area contributed by atoms with Crippen LogP contribution in [0.15, 0.2) is 35.3 Å². The van der Waals surface area contributed by atoms with Gasteiger partial charge in [-0.1, -0.05) is 24.6 Å². The van der Waals surface area contributed by atoms with Gasteiger partial charge in [0.05, 0.1) is 0 Å². The number of benzene rings is 1. The molecule has 0 unspecified atom stereocenters. The van der Waals surface area contributed by atoms with Crippen molar-refractivity contribution in [2.24, 2.45) is 4.99 Å². The van der Waals surface area contributed by atoms with Gasteiger partial charge in [-0.05, 0) is 51.4 Å². The number of aliphatic imine (C=N–C) groups is 1. The van der Waals surface area contributed by atoms with E-state index in [1.165, 1.54) is 38.0 Å². The zero-order chi connectivity index (χ0) is 16.9. The zero-order valence-corrected chi connectivity index (χ0v) is 17.8. The molecule has 6 heteroatoms. The Kier molecular flexibility index (Phi) is 12.5. The second-order valence-electron chi connectivity index (χ2n) is 6.24. The average Bonchev–Trinajstić information content (AvgIpc) is 2.63. The maximum absolute atomic E-state index is 4.66. The second-order valence-corrected chi connectivity index (χ2v) is 6.24. The van der Waals surface area contributed by atoms with Crippen LogP contribution >= 0.6 is 24.0 Å². The monoisotopic (exact) mass is 459 g/mol. The van der Waals surface area contributed by atoms with Crippen molar-refractivity contribution >= 4 is 35.6 Å². The molecule has 1 heterocycles. The van der Waals surface area contributed by atoms with E-state index in [0.29, 0.717) is 0 Å². The first kappa shape index (κ1) is 22.0. The second kappa shape index (κ2) is 14.2. The molecule has 0 bridgehead atoms. The molecule has 1 aliphatic rings. The van der Waals surface area contributed by atoms with Crippen LogP contribution in [-0.2, 0) is 0 Å². The van der Waals surface area contributed by atoms with E-state index >= 15 is 0 Å².